The number of Topliss-reactive ketones (excluding diaryl/α,β-unsaturated/α-hetero) is 1. The van der Waals surface area contributed by atoms with E-state index < -0.39 is 0 Å². The van der Waals surface area contributed by atoms with Crippen molar-refractivity contribution in [2.45, 2.75) is 53.4 Å². The van der Waals surface area contributed by atoms with E-state index in [0.29, 0.717) is 25.2 Å². The third-order valence-electron chi connectivity index (χ3n) is 2.51. The van der Waals surface area contributed by atoms with Gasteiger partial charge in [0, 0.05) is 25.3 Å². The van der Waals surface area contributed by atoms with Gasteiger partial charge < -0.3 is 5.32 Å². The van der Waals surface area contributed by atoms with E-state index in [-0.39, 0.29) is 17.6 Å². The van der Waals surface area contributed by atoms with Gasteiger partial charge in [0.25, 0.3) is 0 Å². The molecule has 0 heterocycles. The van der Waals surface area contributed by atoms with Crippen molar-refractivity contribution >= 4 is 11.7 Å². The second-order valence-corrected chi connectivity index (χ2v) is 5.01. The molecule has 0 aliphatic carbocycles. The van der Waals surface area contributed by atoms with Gasteiger partial charge >= 0.3 is 0 Å². The molecule has 0 spiro atoms. The maximum Gasteiger partial charge on any atom is 0.220 e. The van der Waals surface area contributed by atoms with E-state index in [1.54, 1.807) is 0 Å². The van der Waals surface area contributed by atoms with Crippen LogP contribution in [0.2, 0.25) is 0 Å². The van der Waals surface area contributed by atoms with Crippen LogP contribution in [0, 0.1) is 11.8 Å². The van der Waals surface area contributed by atoms with E-state index in [0.717, 1.165) is 13.0 Å². The molecule has 0 aliphatic heterocycles. The summed E-state index contributed by atoms with van der Waals surface area (Å²) in [6.07, 6.45) is 2.67. The lowest BCUT2D eigenvalue weighted by Gasteiger charge is -2.07. The first kappa shape index (κ1) is 15.1. The van der Waals surface area contributed by atoms with E-state index in [1.807, 2.05) is 13.8 Å². The van der Waals surface area contributed by atoms with Crippen molar-refractivity contribution in [3.05, 3.63) is 0 Å². The van der Waals surface area contributed by atoms with Crippen LogP contribution in [0.15, 0.2) is 0 Å². The van der Waals surface area contributed by atoms with Gasteiger partial charge in [-0.3, -0.25) is 9.59 Å². The van der Waals surface area contributed by atoms with Crippen molar-refractivity contribution in [1.29, 1.82) is 0 Å². The van der Waals surface area contributed by atoms with Crippen LogP contribution in [0.4, 0.5) is 0 Å². The van der Waals surface area contributed by atoms with E-state index in [4.69, 9.17) is 0 Å². The van der Waals surface area contributed by atoms with Crippen molar-refractivity contribution in [3.63, 3.8) is 0 Å². The topological polar surface area (TPSA) is 46.2 Å². The van der Waals surface area contributed by atoms with Crippen molar-refractivity contribution < 1.29 is 9.59 Å². The third kappa shape index (κ3) is 8.45. The minimum Gasteiger partial charge on any atom is -0.356 e. The average Bonchev–Trinajstić information content (AvgIpc) is 2.16. The predicted octanol–water partition coefficient (Wildman–Crippen LogP) is 2.54. The number of hydrogen-bond acceptors (Lipinski definition) is 2. The predicted molar refractivity (Wildman–Crippen MR) is 66.2 cm³/mol. The summed E-state index contributed by atoms with van der Waals surface area (Å²) in [4.78, 5) is 22.6. The summed E-state index contributed by atoms with van der Waals surface area (Å²) >= 11 is 0. The van der Waals surface area contributed by atoms with Gasteiger partial charge in [-0.15, -0.1) is 0 Å². The molecule has 0 bridgehead atoms. The lowest BCUT2D eigenvalue weighted by atomic mass is 10.0. The molecule has 0 aromatic heterocycles. The normalized spacial score (nSPS) is 10.9. The molecule has 3 heteroatoms. The zero-order valence-corrected chi connectivity index (χ0v) is 11.0. The highest BCUT2D eigenvalue weighted by Crippen LogP contribution is 2.04. The van der Waals surface area contributed by atoms with Crippen LogP contribution in [0.25, 0.3) is 0 Å². The first-order chi connectivity index (χ1) is 7.43. The molecule has 1 amide bonds. The fraction of sp³-hybridized carbons (Fsp3) is 0.846. The zero-order valence-electron chi connectivity index (χ0n) is 11.0. The molecule has 0 rings (SSSR count). The monoisotopic (exact) mass is 227 g/mol. The van der Waals surface area contributed by atoms with Gasteiger partial charge in [0.1, 0.15) is 5.78 Å². The summed E-state index contributed by atoms with van der Waals surface area (Å²) in [7, 11) is 0. The molecule has 0 aliphatic rings. The Morgan fingerprint density at radius 1 is 1.06 bits per heavy atom. The number of ketones is 1. The molecule has 16 heavy (non-hydrogen) atoms. The van der Waals surface area contributed by atoms with Crippen LogP contribution in [0.3, 0.4) is 0 Å². The molecule has 1 N–H and O–H groups in total. The number of nitrogens with one attached hydrogen (secondary N) is 1. The fourth-order valence-electron chi connectivity index (χ4n) is 1.30. The second-order valence-electron chi connectivity index (χ2n) is 5.01. The Bertz CT molecular complexity index is 222. The summed E-state index contributed by atoms with van der Waals surface area (Å²) < 4.78 is 0. The van der Waals surface area contributed by atoms with Crippen LogP contribution >= 0.6 is 0 Å². The van der Waals surface area contributed by atoms with Crippen molar-refractivity contribution in [2.24, 2.45) is 11.8 Å². The van der Waals surface area contributed by atoms with Crippen LogP contribution in [-0.2, 0) is 9.59 Å². The Morgan fingerprint density at radius 2 is 1.69 bits per heavy atom. The minimum atomic E-state index is 0.0669. The van der Waals surface area contributed by atoms with Crippen LogP contribution in [-0.4, -0.2) is 18.2 Å². The molecule has 0 saturated carbocycles. The highest BCUT2D eigenvalue weighted by Gasteiger charge is 2.08. The Kier molecular flexibility index (Phi) is 7.86. The van der Waals surface area contributed by atoms with Gasteiger partial charge in [-0.1, -0.05) is 27.7 Å². The molecule has 0 aromatic rings. The zero-order chi connectivity index (χ0) is 12.6. The standard InChI is InChI=1S/C13H25NO2/c1-10(2)8-9-14-13(16)7-5-6-12(15)11(3)4/h10-11H,5-9H2,1-4H3,(H,14,16). The Hall–Kier alpha value is -0.860. The number of carbonyl (C=O) groups excluding carboxylic acids is 2. The van der Waals surface area contributed by atoms with E-state index in [2.05, 4.69) is 19.2 Å². The van der Waals surface area contributed by atoms with E-state index in [1.165, 1.54) is 0 Å². The maximum absolute atomic E-state index is 11.4. The van der Waals surface area contributed by atoms with Gasteiger partial charge in [0.15, 0.2) is 0 Å². The van der Waals surface area contributed by atoms with Gasteiger partial charge in [-0.25, -0.2) is 0 Å². The largest absolute Gasteiger partial charge is 0.356 e. The molecule has 0 saturated heterocycles. The van der Waals surface area contributed by atoms with Gasteiger partial charge in [-0.05, 0) is 18.8 Å². The summed E-state index contributed by atoms with van der Waals surface area (Å²) in [6.45, 7) is 8.80. The first-order valence-electron chi connectivity index (χ1n) is 6.23. The second kappa shape index (κ2) is 8.31. The molecular weight excluding hydrogens is 202 g/mol. The Labute approximate surface area is 99.0 Å². The van der Waals surface area contributed by atoms with Crippen molar-refractivity contribution in [2.75, 3.05) is 6.54 Å². The summed E-state index contributed by atoms with van der Waals surface area (Å²) in [5, 5.41) is 2.87. The number of carbonyl (C=O) groups is 2. The summed E-state index contributed by atoms with van der Waals surface area (Å²) in [5.41, 5.74) is 0. The van der Waals surface area contributed by atoms with Gasteiger partial charge in [0.2, 0.25) is 5.91 Å². The van der Waals surface area contributed by atoms with Gasteiger partial charge in [-0.2, -0.15) is 0 Å². The van der Waals surface area contributed by atoms with E-state index >= 15 is 0 Å². The lowest BCUT2D eigenvalue weighted by Crippen LogP contribution is -2.25. The Balaban J connectivity index is 3.48. The molecular formula is C13H25NO2. The molecule has 0 fully saturated rings. The molecule has 0 radical (unpaired) electrons. The highest BCUT2D eigenvalue weighted by molar-refractivity contribution is 5.81. The van der Waals surface area contributed by atoms with Crippen molar-refractivity contribution in [1.82, 2.24) is 5.32 Å². The van der Waals surface area contributed by atoms with Crippen LogP contribution < -0.4 is 5.32 Å². The summed E-state index contributed by atoms with van der Waals surface area (Å²) in [5.74, 6) is 1.01. The molecule has 0 unspecified atom stereocenters. The lowest BCUT2D eigenvalue weighted by molar-refractivity contribution is -0.122. The Morgan fingerprint density at radius 3 is 2.19 bits per heavy atom. The smallest absolute Gasteiger partial charge is 0.220 e. The minimum absolute atomic E-state index is 0.0669. The molecule has 0 aromatic carbocycles. The molecule has 3 nitrogen and oxygen atoms in total. The maximum atomic E-state index is 11.4. The number of amides is 1. The average molecular weight is 227 g/mol. The third-order valence-corrected chi connectivity index (χ3v) is 2.51. The van der Waals surface area contributed by atoms with Crippen LogP contribution in [0.5, 0.6) is 0 Å². The number of rotatable bonds is 8. The van der Waals surface area contributed by atoms with E-state index in [9.17, 15) is 9.59 Å². The quantitative estimate of drug-likeness (QED) is 0.692. The summed E-state index contributed by atoms with van der Waals surface area (Å²) in [6, 6.07) is 0. The first-order valence-corrected chi connectivity index (χ1v) is 6.23. The van der Waals surface area contributed by atoms with Crippen LogP contribution in [0.1, 0.15) is 53.4 Å². The number of hydrogen-bond donors (Lipinski definition) is 1. The SMILES string of the molecule is CC(C)CCNC(=O)CCCC(=O)C(C)C. The fourth-order valence-corrected chi connectivity index (χ4v) is 1.30. The molecule has 94 valence electrons. The highest BCUT2D eigenvalue weighted by atomic mass is 16.1. The van der Waals surface area contributed by atoms with Crippen molar-refractivity contribution in [3.8, 4) is 0 Å². The molecule has 0 atom stereocenters. The van der Waals surface area contributed by atoms with Gasteiger partial charge in [0.05, 0.1) is 0 Å².